The molecule has 1 saturated heterocycles. The molecule has 0 amide bonds. The number of hydrogen-bond donors (Lipinski definition) is 2. The fourth-order valence-corrected chi connectivity index (χ4v) is 3.66. The Morgan fingerprint density at radius 3 is 2.33 bits per heavy atom. The van der Waals surface area contributed by atoms with E-state index in [0.717, 1.165) is 46.6 Å². The summed E-state index contributed by atoms with van der Waals surface area (Å²) in [6, 6.07) is 22.3. The van der Waals surface area contributed by atoms with Gasteiger partial charge in [0.1, 0.15) is 11.5 Å². The van der Waals surface area contributed by atoms with Crippen LogP contribution in [0.25, 0.3) is 33.7 Å². The minimum atomic E-state index is -0.303. The molecular weight excluding hydrogens is 336 g/mol. The first-order chi connectivity index (χ1) is 13.3. The van der Waals surface area contributed by atoms with Crippen molar-refractivity contribution < 1.29 is 6.53 Å². The highest BCUT2D eigenvalue weighted by Gasteiger charge is 2.25. The second-order valence-corrected chi connectivity index (χ2v) is 6.94. The molecule has 2 aromatic heterocycles. The fraction of sp³-hybridized carbons (Fsp3) is 0.182. The largest absolute Gasteiger partial charge is 0.391 e. The Bertz CT molecular complexity index is 1080. The van der Waals surface area contributed by atoms with Crippen LogP contribution in [0.1, 0.15) is 7.85 Å². The normalized spacial score (nSPS) is 16.9. The SMILES string of the molecule is OC1CCN(c2nc(-c3ccccc3)nc3[nH]c(-c4ccccc4)cc23)C1.[HH]. The van der Waals surface area contributed by atoms with E-state index in [9.17, 15) is 5.11 Å². The average molecular weight is 358 g/mol. The number of hydrogen-bond acceptors (Lipinski definition) is 4. The van der Waals surface area contributed by atoms with Crippen molar-refractivity contribution in [3.63, 3.8) is 0 Å². The van der Waals surface area contributed by atoms with Crippen molar-refractivity contribution >= 4 is 16.9 Å². The molecule has 3 heterocycles. The summed E-state index contributed by atoms with van der Waals surface area (Å²) >= 11 is 0. The second-order valence-electron chi connectivity index (χ2n) is 6.94. The Morgan fingerprint density at radius 2 is 1.67 bits per heavy atom. The molecular formula is C22H22N4O. The zero-order valence-corrected chi connectivity index (χ0v) is 14.8. The maximum absolute atomic E-state index is 10.0. The van der Waals surface area contributed by atoms with Crippen LogP contribution in [-0.4, -0.2) is 39.3 Å². The fourth-order valence-electron chi connectivity index (χ4n) is 3.66. The van der Waals surface area contributed by atoms with E-state index in [1.807, 2.05) is 48.5 Å². The Hall–Kier alpha value is -3.18. The van der Waals surface area contributed by atoms with Crippen LogP contribution in [0.2, 0.25) is 0 Å². The number of rotatable bonds is 3. The van der Waals surface area contributed by atoms with E-state index >= 15 is 0 Å². The Morgan fingerprint density at radius 1 is 0.963 bits per heavy atom. The van der Waals surface area contributed by atoms with Crippen LogP contribution in [0.5, 0.6) is 0 Å². The topological polar surface area (TPSA) is 65.0 Å². The summed E-state index contributed by atoms with van der Waals surface area (Å²) in [6.07, 6.45) is 0.463. The van der Waals surface area contributed by atoms with Crippen LogP contribution >= 0.6 is 0 Å². The van der Waals surface area contributed by atoms with E-state index in [0.29, 0.717) is 12.4 Å². The van der Waals surface area contributed by atoms with Crippen LogP contribution in [0.15, 0.2) is 66.7 Å². The van der Waals surface area contributed by atoms with Crippen molar-refractivity contribution in [1.29, 1.82) is 0 Å². The van der Waals surface area contributed by atoms with E-state index in [4.69, 9.17) is 9.97 Å². The second kappa shape index (κ2) is 6.52. The highest BCUT2D eigenvalue weighted by atomic mass is 16.3. The van der Waals surface area contributed by atoms with Gasteiger partial charge in [-0.25, -0.2) is 9.97 Å². The molecule has 1 aliphatic heterocycles. The molecule has 1 fully saturated rings. The third-order valence-electron chi connectivity index (χ3n) is 5.05. The van der Waals surface area contributed by atoms with Crippen LogP contribution in [0.3, 0.4) is 0 Å². The minimum Gasteiger partial charge on any atom is -0.391 e. The number of aliphatic hydroxyl groups is 1. The molecule has 0 aliphatic carbocycles. The molecule has 0 saturated carbocycles. The molecule has 2 N–H and O–H groups in total. The van der Waals surface area contributed by atoms with Crippen LogP contribution < -0.4 is 4.90 Å². The van der Waals surface area contributed by atoms with E-state index < -0.39 is 0 Å². The predicted octanol–water partition coefficient (Wildman–Crippen LogP) is 4.11. The quantitative estimate of drug-likeness (QED) is 0.578. The first-order valence-corrected chi connectivity index (χ1v) is 9.22. The van der Waals surface area contributed by atoms with Gasteiger partial charge in [-0.3, -0.25) is 0 Å². The molecule has 0 bridgehead atoms. The number of benzene rings is 2. The maximum atomic E-state index is 10.0. The molecule has 2 aromatic carbocycles. The number of nitrogens with zero attached hydrogens (tertiary/aromatic N) is 3. The standard InChI is InChI=1S/C22H20N4O.H2/c27-17-11-12-26(14-17)22-18-13-19(15-7-3-1-4-8-15)23-21(18)24-20(25-22)16-9-5-2-6-10-16;/h1-10,13,17,27H,11-12,14H2,(H,23,24,25);1H. The lowest BCUT2D eigenvalue weighted by atomic mass is 10.1. The molecule has 136 valence electrons. The lowest BCUT2D eigenvalue weighted by Gasteiger charge is -2.18. The summed E-state index contributed by atoms with van der Waals surface area (Å²) in [5.41, 5.74) is 3.94. The number of aromatic nitrogens is 3. The van der Waals surface area contributed by atoms with E-state index in [1.165, 1.54) is 0 Å². The third kappa shape index (κ3) is 2.96. The smallest absolute Gasteiger partial charge is 0.163 e. The summed E-state index contributed by atoms with van der Waals surface area (Å²) in [6.45, 7) is 1.40. The zero-order chi connectivity index (χ0) is 18.2. The number of nitrogens with one attached hydrogen (secondary N) is 1. The van der Waals surface area contributed by atoms with Gasteiger partial charge < -0.3 is 15.0 Å². The van der Waals surface area contributed by atoms with E-state index in [1.54, 1.807) is 0 Å². The Balaban J connectivity index is 0.00000192. The van der Waals surface area contributed by atoms with Crippen molar-refractivity contribution in [2.45, 2.75) is 12.5 Å². The number of H-pyrrole nitrogens is 1. The van der Waals surface area contributed by atoms with Crippen LogP contribution in [0.4, 0.5) is 5.82 Å². The van der Waals surface area contributed by atoms with Crippen molar-refractivity contribution in [1.82, 2.24) is 15.0 Å². The highest BCUT2D eigenvalue weighted by molar-refractivity contribution is 5.93. The number of aliphatic hydroxyl groups excluding tert-OH is 1. The van der Waals surface area contributed by atoms with Crippen molar-refractivity contribution in [3.05, 3.63) is 66.7 Å². The molecule has 4 aromatic rings. The zero-order valence-electron chi connectivity index (χ0n) is 14.8. The van der Waals surface area contributed by atoms with Crippen LogP contribution in [-0.2, 0) is 0 Å². The van der Waals surface area contributed by atoms with Crippen molar-refractivity contribution in [2.75, 3.05) is 18.0 Å². The first-order valence-electron chi connectivity index (χ1n) is 9.22. The molecule has 0 radical (unpaired) electrons. The molecule has 5 heteroatoms. The number of aromatic amines is 1. The van der Waals surface area contributed by atoms with Gasteiger partial charge >= 0.3 is 0 Å². The maximum Gasteiger partial charge on any atom is 0.163 e. The molecule has 1 unspecified atom stereocenters. The monoisotopic (exact) mass is 358 g/mol. The van der Waals surface area contributed by atoms with Gasteiger partial charge in [-0.05, 0) is 18.1 Å². The lowest BCUT2D eigenvalue weighted by Crippen LogP contribution is -2.22. The van der Waals surface area contributed by atoms with E-state index in [2.05, 4.69) is 28.1 Å². The summed E-state index contributed by atoms with van der Waals surface area (Å²) in [5, 5.41) is 11.0. The minimum absolute atomic E-state index is 0. The van der Waals surface area contributed by atoms with Gasteiger partial charge in [0, 0.05) is 25.8 Å². The van der Waals surface area contributed by atoms with E-state index in [-0.39, 0.29) is 7.53 Å². The Labute approximate surface area is 158 Å². The summed E-state index contributed by atoms with van der Waals surface area (Å²) < 4.78 is 0. The van der Waals surface area contributed by atoms with Gasteiger partial charge in [-0.15, -0.1) is 0 Å². The molecule has 1 aliphatic rings. The summed E-state index contributed by atoms with van der Waals surface area (Å²) in [7, 11) is 0. The lowest BCUT2D eigenvalue weighted by molar-refractivity contribution is 0.198. The van der Waals surface area contributed by atoms with Gasteiger partial charge in [0.05, 0.1) is 11.5 Å². The molecule has 27 heavy (non-hydrogen) atoms. The number of β-amino-alcohol motifs (C(OH)–C–C–N with tert-alkyl or cyclic N) is 1. The first kappa shape index (κ1) is 16.0. The third-order valence-corrected chi connectivity index (χ3v) is 5.05. The van der Waals surface area contributed by atoms with Gasteiger partial charge in [0.25, 0.3) is 0 Å². The van der Waals surface area contributed by atoms with Crippen molar-refractivity contribution in [3.8, 4) is 22.6 Å². The molecule has 1 atom stereocenters. The van der Waals surface area contributed by atoms with Crippen molar-refractivity contribution in [2.24, 2.45) is 0 Å². The van der Waals surface area contributed by atoms with Crippen LogP contribution in [0, 0.1) is 0 Å². The summed E-state index contributed by atoms with van der Waals surface area (Å²) in [5.74, 6) is 1.58. The number of anilines is 1. The molecule has 5 nitrogen and oxygen atoms in total. The average Bonchev–Trinajstić information content (AvgIpc) is 3.35. The van der Waals surface area contributed by atoms with Gasteiger partial charge in [-0.1, -0.05) is 60.7 Å². The van der Waals surface area contributed by atoms with Gasteiger partial charge in [-0.2, -0.15) is 0 Å². The molecule has 5 rings (SSSR count). The predicted molar refractivity (Wildman–Crippen MR) is 110 cm³/mol. The van der Waals surface area contributed by atoms with Gasteiger partial charge in [0.2, 0.25) is 0 Å². The highest BCUT2D eigenvalue weighted by Crippen LogP contribution is 2.32. The summed E-state index contributed by atoms with van der Waals surface area (Å²) in [4.78, 5) is 15.3. The van der Waals surface area contributed by atoms with Gasteiger partial charge in [0.15, 0.2) is 5.82 Å². The Kier molecular flexibility index (Phi) is 3.87. The molecule has 0 spiro atoms. The number of fused-ring (bicyclic) bond motifs is 1.